The third-order valence-electron chi connectivity index (χ3n) is 4.87. The average molecular weight is 438 g/mol. The largest absolute Gasteiger partial charge is 0.280 e. The standard InChI is InChI=1S/C22H31NO4S2/c1-19(2)28(24,25)18-10-5-3-4-7-11-20-14-16-21(17-15-20)23-29(26,27)22-12-8-6-9-13-22/h6,8-9,12-17,19,23H,3-5,7,10-11,18H2,1-2H3. The highest BCUT2D eigenvalue weighted by Gasteiger charge is 2.15. The monoisotopic (exact) mass is 437 g/mol. The third kappa shape index (κ3) is 7.82. The smallest absolute Gasteiger partial charge is 0.261 e. The summed E-state index contributed by atoms with van der Waals surface area (Å²) in [5.74, 6) is 0.283. The Hall–Kier alpha value is -1.86. The molecular weight excluding hydrogens is 406 g/mol. The average Bonchev–Trinajstić information content (AvgIpc) is 2.69. The molecule has 0 saturated heterocycles. The van der Waals surface area contributed by atoms with Crippen molar-refractivity contribution in [2.24, 2.45) is 0 Å². The summed E-state index contributed by atoms with van der Waals surface area (Å²) in [6.45, 7) is 3.46. The minimum atomic E-state index is -3.56. The molecule has 160 valence electrons. The fraction of sp³-hybridized carbons (Fsp3) is 0.455. The number of sulfone groups is 1. The van der Waals surface area contributed by atoms with Gasteiger partial charge in [0.2, 0.25) is 0 Å². The van der Waals surface area contributed by atoms with Gasteiger partial charge in [0, 0.05) is 5.69 Å². The molecule has 0 aliphatic rings. The van der Waals surface area contributed by atoms with Crippen LogP contribution in [0.1, 0.15) is 51.5 Å². The summed E-state index contributed by atoms with van der Waals surface area (Å²) in [4.78, 5) is 0.241. The van der Waals surface area contributed by atoms with E-state index >= 15 is 0 Å². The Balaban J connectivity index is 1.70. The van der Waals surface area contributed by atoms with E-state index in [2.05, 4.69) is 4.72 Å². The number of hydrogen-bond donors (Lipinski definition) is 1. The highest BCUT2D eigenvalue weighted by molar-refractivity contribution is 7.92. The van der Waals surface area contributed by atoms with Crippen LogP contribution in [0.15, 0.2) is 59.5 Å². The van der Waals surface area contributed by atoms with E-state index in [0.29, 0.717) is 5.69 Å². The Morgan fingerprint density at radius 2 is 1.34 bits per heavy atom. The van der Waals surface area contributed by atoms with Gasteiger partial charge in [-0.25, -0.2) is 16.8 Å². The number of nitrogens with one attached hydrogen (secondary N) is 1. The van der Waals surface area contributed by atoms with Crippen molar-refractivity contribution in [1.29, 1.82) is 0 Å². The van der Waals surface area contributed by atoms with E-state index < -0.39 is 19.9 Å². The topological polar surface area (TPSA) is 80.3 Å². The second kappa shape index (κ2) is 10.8. The second-order valence-electron chi connectivity index (χ2n) is 7.55. The van der Waals surface area contributed by atoms with Crippen LogP contribution in [0.4, 0.5) is 5.69 Å². The molecule has 0 aliphatic carbocycles. The van der Waals surface area contributed by atoms with Crippen LogP contribution >= 0.6 is 0 Å². The quantitative estimate of drug-likeness (QED) is 0.484. The van der Waals surface area contributed by atoms with Gasteiger partial charge in [0.15, 0.2) is 9.84 Å². The van der Waals surface area contributed by atoms with Crippen molar-refractivity contribution >= 4 is 25.5 Å². The van der Waals surface area contributed by atoms with E-state index in [4.69, 9.17) is 0 Å². The summed E-state index contributed by atoms with van der Waals surface area (Å²) in [5, 5.41) is -0.289. The van der Waals surface area contributed by atoms with Gasteiger partial charge in [0.1, 0.15) is 0 Å². The van der Waals surface area contributed by atoms with E-state index in [9.17, 15) is 16.8 Å². The maximum Gasteiger partial charge on any atom is 0.261 e. The molecule has 0 aromatic heterocycles. The van der Waals surface area contributed by atoms with Crippen molar-refractivity contribution in [3.8, 4) is 0 Å². The molecule has 1 N–H and O–H groups in total. The summed E-state index contributed by atoms with van der Waals surface area (Å²) >= 11 is 0. The minimum Gasteiger partial charge on any atom is -0.280 e. The van der Waals surface area contributed by atoms with E-state index in [1.165, 1.54) is 0 Å². The molecule has 0 unspecified atom stereocenters. The first-order valence-corrected chi connectivity index (χ1v) is 13.3. The molecule has 0 heterocycles. The van der Waals surface area contributed by atoms with Gasteiger partial charge in [-0.3, -0.25) is 4.72 Å². The van der Waals surface area contributed by atoms with E-state index in [1.54, 1.807) is 56.3 Å². The van der Waals surface area contributed by atoms with Crippen molar-refractivity contribution in [3.05, 3.63) is 60.2 Å². The first-order valence-electron chi connectivity index (χ1n) is 10.1. The highest BCUT2D eigenvalue weighted by atomic mass is 32.2. The number of benzene rings is 2. The van der Waals surface area contributed by atoms with Crippen molar-refractivity contribution in [2.45, 2.75) is 62.5 Å². The first-order chi connectivity index (χ1) is 13.7. The van der Waals surface area contributed by atoms with Crippen LogP contribution in [0.3, 0.4) is 0 Å². The molecule has 2 aromatic carbocycles. The third-order valence-corrected chi connectivity index (χ3v) is 8.56. The number of aryl methyl sites for hydroxylation is 1. The van der Waals surface area contributed by atoms with E-state index in [-0.39, 0.29) is 15.9 Å². The zero-order valence-electron chi connectivity index (χ0n) is 17.2. The van der Waals surface area contributed by atoms with Crippen LogP contribution in [0.2, 0.25) is 0 Å². The lowest BCUT2D eigenvalue weighted by Gasteiger charge is -2.09. The number of rotatable bonds is 12. The van der Waals surface area contributed by atoms with Gasteiger partial charge in [-0.2, -0.15) is 0 Å². The van der Waals surface area contributed by atoms with Crippen LogP contribution in [-0.2, 0) is 26.3 Å². The molecule has 0 bridgehead atoms. The van der Waals surface area contributed by atoms with Crippen molar-refractivity contribution < 1.29 is 16.8 Å². The van der Waals surface area contributed by atoms with Gasteiger partial charge in [-0.1, -0.05) is 49.6 Å². The molecule has 7 heteroatoms. The van der Waals surface area contributed by atoms with Gasteiger partial charge in [0.05, 0.1) is 15.9 Å². The number of unbranched alkanes of at least 4 members (excludes halogenated alkanes) is 4. The maximum atomic E-state index is 12.3. The molecule has 0 fully saturated rings. The van der Waals surface area contributed by atoms with Crippen molar-refractivity contribution in [3.63, 3.8) is 0 Å². The zero-order chi connectivity index (χ0) is 21.3. The maximum absolute atomic E-state index is 12.3. The summed E-state index contributed by atoms with van der Waals surface area (Å²) in [6.07, 6.45) is 5.72. The number of hydrogen-bond acceptors (Lipinski definition) is 4. The Bertz CT molecular complexity index is 952. The minimum absolute atomic E-state index is 0.241. The Morgan fingerprint density at radius 3 is 1.97 bits per heavy atom. The van der Waals surface area contributed by atoms with Gasteiger partial charge < -0.3 is 0 Å². The first kappa shape index (κ1) is 23.4. The van der Waals surface area contributed by atoms with Gasteiger partial charge in [-0.05, 0) is 62.9 Å². The molecular formula is C22H31NO4S2. The number of anilines is 1. The molecule has 29 heavy (non-hydrogen) atoms. The summed E-state index contributed by atoms with van der Waals surface area (Å²) < 4.78 is 50.8. The molecule has 0 saturated carbocycles. The molecule has 0 spiro atoms. The molecule has 0 radical (unpaired) electrons. The van der Waals surface area contributed by atoms with Crippen LogP contribution in [0, 0.1) is 0 Å². The molecule has 0 aliphatic heterocycles. The predicted molar refractivity (Wildman–Crippen MR) is 119 cm³/mol. The van der Waals surface area contributed by atoms with Crippen molar-refractivity contribution in [1.82, 2.24) is 0 Å². The van der Waals surface area contributed by atoms with Gasteiger partial charge >= 0.3 is 0 Å². The lowest BCUT2D eigenvalue weighted by Crippen LogP contribution is -2.17. The van der Waals surface area contributed by atoms with Crippen LogP contribution in [0.25, 0.3) is 0 Å². The summed E-state index contributed by atoms with van der Waals surface area (Å²) in [7, 11) is -6.48. The van der Waals surface area contributed by atoms with Crippen LogP contribution in [0.5, 0.6) is 0 Å². The Morgan fingerprint density at radius 1 is 0.759 bits per heavy atom. The lowest BCUT2D eigenvalue weighted by molar-refractivity contribution is 0.577. The van der Waals surface area contributed by atoms with Gasteiger partial charge in [-0.15, -0.1) is 0 Å². The van der Waals surface area contributed by atoms with Crippen LogP contribution < -0.4 is 4.72 Å². The fourth-order valence-electron chi connectivity index (χ4n) is 2.95. The second-order valence-corrected chi connectivity index (χ2v) is 11.9. The predicted octanol–water partition coefficient (Wildman–Crippen LogP) is 4.80. The van der Waals surface area contributed by atoms with E-state index in [1.807, 2.05) is 12.1 Å². The van der Waals surface area contributed by atoms with E-state index in [0.717, 1.165) is 44.1 Å². The number of sulfonamides is 1. The molecule has 2 rings (SSSR count). The molecule has 0 amide bonds. The lowest BCUT2D eigenvalue weighted by atomic mass is 10.1. The Kier molecular flexibility index (Phi) is 8.71. The Labute approximate surface area is 175 Å². The molecule has 2 aromatic rings. The van der Waals surface area contributed by atoms with Crippen molar-refractivity contribution in [2.75, 3.05) is 10.5 Å². The highest BCUT2D eigenvalue weighted by Crippen LogP contribution is 2.18. The molecule has 0 atom stereocenters. The molecule has 5 nitrogen and oxygen atoms in total. The SMILES string of the molecule is CC(C)S(=O)(=O)CCCCCCCc1ccc(NS(=O)(=O)c2ccccc2)cc1. The summed E-state index contributed by atoms with van der Waals surface area (Å²) in [6, 6.07) is 15.8. The van der Waals surface area contributed by atoms with Crippen LogP contribution in [-0.4, -0.2) is 27.8 Å². The normalized spacial score (nSPS) is 12.2. The zero-order valence-corrected chi connectivity index (χ0v) is 18.8. The fourth-order valence-corrected chi connectivity index (χ4v) is 5.11. The van der Waals surface area contributed by atoms with Gasteiger partial charge in [0.25, 0.3) is 10.0 Å². The summed E-state index contributed by atoms with van der Waals surface area (Å²) in [5.41, 5.74) is 1.71.